The molecular formula is C20H28N2O2. The molecule has 1 aromatic rings. The third-order valence-electron chi connectivity index (χ3n) is 6.11. The lowest BCUT2D eigenvalue weighted by Crippen LogP contribution is -2.40. The molecule has 0 radical (unpaired) electrons. The number of likely N-dealkylation sites (tertiary alicyclic amines) is 1. The smallest absolute Gasteiger partial charge is 0.223 e. The molecule has 24 heavy (non-hydrogen) atoms. The summed E-state index contributed by atoms with van der Waals surface area (Å²) in [5.41, 5.74) is 1.16. The Bertz CT molecular complexity index is 591. The highest BCUT2D eigenvalue weighted by atomic mass is 16.5. The molecule has 1 N–H and O–H groups in total. The SMILES string of the molecule is COc1ccccc1C1CCCN1C(=O)CC1CC2CCC(C1)N2. The van der Waals surface area contributed by atoms with Gasteiger partial charge in [0, 0.05) is 30.6 Å². The standard InChI is InChI=1S/C20H28N2O2/c1-24-19-7-3-2-5-17(19)18-6-4-10-22(18)20(23)13-14-11-15-8-9-16(12-14)21-15/h2-3,5,7,14-16,18,21H,4,6,8-13H2,1H3. The number of hydrogen-bond acceptors (Lipinski definition) is 3. The van der Waals surface area contributed by atoms with Crippen LogP contribution in [0, 0.1) is 5.92 Å². The van der Waals surface area contributed by atoms with E-state index in [9.17, 15) is 4.79 Å². The Balaban J connectivity index is 1.45. The molecule has 3 unspecified atom stereocenters. The van der Waals surface area contributed by atoms with E-state index in [2.05, 4.69) is 16.3 Å². The molecule has 3 aliphatic heterocycles. The number of para-hydroxylation sites is 1. The predicted octanol–water partition coefficient (Wildman–Crippen LogP) is 3.28. The van der Waals surface area contributed by atoms with Crippen LogP contribution in [-0.4, -0.2) is 36.5 Å². The zero-order valence-electron chi connectivity index (χ0n) is 14.5. The first-order valence-electron chi connectivity index (χ1n) is 9.43. The summed E-state index contributed by atoms with van der Waals surface area (Å²) in [7, 11) is 1.71. The van der Waals surface area contributed by atoms with Gasteiger partial charge in [-0.3, -0.25) is 4.79 Å². The molecule has 4 rings (SSSR count). The second-order valence-corrected chi connectivity index (χ2v) is 7.67. The molecule has 3 fully saturated rings. The van der Waals surface area contributed by atoms with Crippen molar-refractivity contribution in [3.8, 4) is 5.75 Å². The fraction of sp³-hybridized carbons (Fsp3) is 0.650. The molecule has 0 aliphatic carbocycles. The van der Waals surface area contributed by atoms with Crippen LogP contribution in [0.5, 0.6) is 5.75 Å². The van der Waals surface area contributed by atoms with Gasteiger partial charge in [0.2, 0.25) is 5.91 Å². The number of carbonyl (C=O) groups excluding carboxylic acids is 1. The first-order chi connectivity index (χ1) is 11.7. The number of hydrogen-bond donors (Lipinski definition) is 1. The van der Waals surface area contributed by atoms with E-state index in [1.165, 1.54) is 25.7 Å². The topological polar surface area (TPSA) is 41.6 Å². The number of rotatable bonds is 4. The van der Waals surface area contributed by atoms with Gasteiger partial charge >= 0.3 is 0 Å². The van der Waals surface area contributed by atoms with Crippen molar-refractivity contribution in [1.29, 1.82) is 0 Å². The quantitative estimate of drug-likeness (QED) is 0.922. The molecule has 0 aromatic heterocycles. The molecule has 3 saturated heterocycles. The molecule has 4 nitrogen and oxygen atoms in total. The number of carbonyl (C=O) groups is 1. The number of nitrogens with one attached hydrogen (secondary N) is 1. The van der Waals surface area contributed by atoms with Crippen molar-refractivity contribution < 1.29 is 9.53 Å². The van der Waals surface area contributed by atoms with E-state index in [1.54, 1.807) is 7.11 Å². The summed E-state index contributed by atoms with van der Waals surface area (Å²) in [4.78, 5) is 15.1. The summed E-state index contributed by atoms with van der Waals surface area (Å²) in [6, 6.07) is 9.65. The maximum absolute atomic E-state index is 13.0. The zero-order chi connectivity index (χ0) is 16.5. The van der Waals surface area contributed by atoms with Crippen molar-refractivity contribution in [3.05, 3.63) is 29.8 Å². The summed E-state index contributed by atoms with van der Waals surface area (Å²) < 4.78 is 5.53. The third kappa shape index (κ3) is 3.04. The highest BCUT2D eigenvalue weighted by Crippen LogP contribution is 2.39. The van der Waals surface area contributed by atoms with Crippen LogP contribution in [0.25, 0.3) is 0 Å². The van der Waals surface area contributed by atoms with Crippen LogP contribution >= 0.6 is 0 Å². The highest BCUT2D eigenvalue weighted by Gasteiger charge is 2.37. The van der Waals surface area contributed by atoms with Crippen LogP contribution in [0.15, 0.2) is 24.3 Å². The Labute approximate surface area is 144 Å². The van der Waals surface area contributed by atoms with Gasteiger partial charge in [-0.2, -0.15) is 0 Å². The lowest BCUT2D eigenvalue weighted by Gasteiger charge is -2.32. The van der Waals surface area contributed by atoms with E-state index < -0.39 is 0 Å². The van der Waals surface area contributed by atoms with E-state index in [0.29, 0.717) is 23.9 Å². The molecule has 1 aromatic carbocycles. The Morgan fingerprint density at radius 2 is 1.96 bits per heavy atom. The van der Waals surface area contributed by atoms with Crippen molar-refractivity contribution in [2.75, 3.05) is 13.7 Å². The minimum Gasteiger partial charge on any atom is -0.496 e. The van der Waals surface area contributed by atoms with Gasteiger partial charge < -0.3 is 15.0 Å². The van der Waals surface area contributed by atoms with Gasteiger partial charge in [-0.25, -0.2) is 0 Å². The van der Waals surface area contributed by atoms with Crippen LogP contribution in [-0.2, 0) is 4.79 Å². The fourth-order valence-corrected chi connectivity index (χ4v) is 5.04. The van der Waals surface area contributed by atoms with Crippen LogP contribution in [0.2, 0.25) is 0 Å². The van der Waals surface area contributed by atoms with Gasteiger partial charge in [0.15, 0.2) is 0 Å². The summed E-state index contributed by atoms with van der Waals surface area (Å²) in [5, 5.41) is 3.67. The molecule has 3 heterocycles. The number of benzene rings is 1. The molecule has 0 saturated carbocycles. The minimum absolute atomic E-state index is 0.187. The van der Waals surface area contributed by atoms with Gasteiger partial charge in [-0.15, -0.1) is 0 Å². The van der Waals surface area contributed by atoms with Crippen LogP contribution in [0.4, 0.5) is 0 Å². The molecule has 4 heteroatoms. The maximum Gasteiger partial charge on any atom is 0.223 e. The second kappa shape index (κ2) is 6.75. The molecule has 3 atom stereocenters. The first kappa shape index (κ1) is 15.9. The summed E-state index contributed by atoms with van der Waals surface area (Å²) in [6.45, 7) is 0.888. The van der Waals surface area contributed by atoms with E-state index in [4.69, 9.17) is 4.74 Å². The lowest BCUT2D eigenvalue weighted by molar-refractivity contribution is -0.133. The van der Waals surface area contributed by atoms with Crippen LogP contribution in [0.3, 0.4) is 0 Å². The Morgan fingerprint density at radius 1 is 1.21 bits per heavy atom. The van der Waals surface area contributed by atoms with Crippen molar-refractivity contribution in [1.82, 2.24) is 10.2 Å². The average Bonchev–Trinajstić information content (AvgIpc) is 3.21. The number of ether oxygens (including phenoxy) is 1. The molecule has 1 amide bonds. The van der Waals surface area contributed by atoms with Gasteiger partial charge in [-0.05, 0) is 50.5 Å². The Morgan fingerprint density at radius 3 is 2.71 bits per heavy atom. The van der Waals surface area contributed by atoms with Crippen molar-refractivity contribution in [2.24, 2.45) is 5.92 Å². The van der Waals surface area contributed by atoms with E-state index in [1.807, 2.05) is 18.2 Å². The van der Waals surface area contributed by atoms with Gasteiger partial charge in [0.1, 0.15) is 5.75 Å². The van der Waals surface area contributed by atoms with Crippen LogP contribution < -0.4 is 10.1 Å². The number of methoxy groups -OCH3 is 1. The van der Waals surface area contributed by atoms with Crippen molar-refractivity contribution in [3.63, 3.8) is 0 Å². The summed E-state index contributed by atoms with van der Waals surface area (Å²) in [5.74, 6) is 1.81. The predicted molar refractivity (Wildman–Crippen MR) is 94.0 cm³/mol. The number of nitrogens with zero attached hydrogens (tertiary/aromatic N) is 1. The third-order valence-corrected chi connectivity index (χ3v) is 6.11. The zero-order valence-corrected chi connectivity index (χ0v) is 14.5. The second-order valence-electron chi connectivity index (χ2n) is 7.67. The molecule has 0 spiro atoms. The molecule has 2 bridgehead atoms. The van der Waals surface area contributed by atoms with E-state index in [0.717, 1.165) is 37.1 Å². The number of piperidine rings is 1. The lowest BCUT2D eigenvalue weighted by atomic mass is 9.89. The molecular weight excluding hydrogens is 300 g/mol. The van der Waals surface area contributed by atoms with Crippen LogP contribution in [0.1, 0.15) is 56.6 Å². The van der Waals surface area contributed by atoms with E-state index in [-0.39, 0.29) is 6.04 Å². The average molecular weight is 328 g/mol. The Kier molecular flexibility index (Phi) is 4.49. The van der Waals surface area contributed by atoms with Gasteiger partial charge in [-0.1, -0.05) is 18.2 Å². The monoisotopic (exact) mass is 328 g/mol. The normalized spacial score (nSPS) is 32.1. The summed E-state index contributed by atoms with van der Waals surface area (Å²) >= 11 is 0. The number of amides is 1. The minimum atomic E-state index is 0.187. The molecule has 3 aliphatic rings. The van der Waals surface area contributed by atoms with Gasteiger partial charge in [0.25, 0.3) is 0 Å². The maximum atomic E-state index is 13.0. The van der Waals surface area contributed by atoms with Crippen molar-refractivity contribution >= 4 is 5.91 Å². The summed E-state index contributed by atoms with van der Waals surface area (Å²) in [6.07, 6.45) is 7.80. The number of fused-ring (bicyclic) bond motifs is 2. The molecule has 130 valence electrons. The first-order valence-corrected chi connectivity index (χ1v) is 9.43. The van der Waals surface area contributed by atoms with Gasteiger partial charge in [0.05, 0.1) is 13.2 Å². The van der Waals surface area contributed by atoms with E-state index >= 15 is 0 Å². The fourth-order valence-electron chi connectivity index (χ4n) is 5.04. The van der Waals surface area contributed by atoms with Crippen molar-refractivity contribution in [2.45, 2.75) is 63.1 Å². The highest BCUT2D eigenvalue weighted by molar-refractivity contribution is 5.77. The largest absolute Gasteiger partial charge is 0.496 e. The Hall–Kier alpha value is -1.55.